The van der Waals surface area contributed by atoms with Crippen molar-refractivity contribution < 1.29 is 9.47 Å². The van der Waals surface area contributed by atoms with Crippen molar-refractivity contribution in [2.24, 2.45) is 5.73 Å². The molecule has 0 fully saturated rings. The molecule has 0 radical (unpaired) electrons. The van der Waals surface area contributed by atoms with Crippen LogP contribution < -0.4 is 15.2 Å². The molecule has 0 aliphatic carbocycles. The van der Waals surface area contributed by atoms with Gasteiger partial charge in [0.15, 0.2) is 0 Å². The quantitative estimate of drug-likeness (QED) is 0.734. The Morgan fingerprint density at radius 3 is 2.62 bits per heavy atom. The highest BCUT2D eigenvalue weighted by Crippen LogP contribution is 2.27. The van der Waals surface area contributed by atoms with Crippen LogP contribution in [0.15, 0.2) is 46.9 Å². The molecule has 2 N–H and O–H groups in total. The van der Waals surface area contributed by atoms with Gasteiger partial charge in [-0.25, -0.2) is 0 Å². The zero-order chi connectivity index (χ0) is 15.1. The summed E-state index contributed by atoms with van der Waals surface area (Å²) in [5.41, 5.74) is 6.65. The Kier molecular flexibility index (Phi) is 6.36. The second kappa shape index (κ2) is 8.27. The lowest BCUT2D eigenvalue weighted by Gasteiger charge is -2.10. The van der Waals surface area contributed by atoms with Crippen molar-refractivity contribution in [1.29, 1.82) is 0 Å². The molecule has 21 heavy (non-hydrogen) atoms. The lowest BCUT2D eigenvalue weighted by Crippen LogP contribution is -2.05. The molecule has 0 aliphatic heterocycles. The number of nitrogens with two attached hydrogens (primary N) is 1. The van der Waals surface area contributed by atoms with E-state index in [9.17, 15) is 0 Å². The fourth-order valence-corrected chi connectivity index (χ4v) is 2.51. The van der Waals surface area contributed by atoms with Crippen molar-refractivity contribution in [1.82, 2.24) is 0 Å². The number of hydrogen-bond donors (Lipinski definition) is 1. The molecule has 5 heteroatoms. The Hall–Kier alpha value is -1.23. The maximum Gasteiger partial charge on any atom is 0.137 e. The molecule has 0 bridgehead atoms. The summed E-state index contributed by atoms with van der Waals surface area (Å²) in [4.78, 5) is 0. The van der Waals surface area contributed by atoms with Gasteiger partial charge >= 0.3 is 0 Å². The van der Waals surface area contributed by atoms with E-state index in [1.54, 1.807) is 0 Å². The molecule has 0 spiro atoms. The van der Waals surface area contributed by atoms with Gasteiger partial charge in [-0.1, -0.05) is 39.7 Å². The Morgan fingerprint density at radius 2 is 1.86 bits per heavy atom. The number of rotatable bonds is 7. The minimum absolute atomic E-state index is 0.516. The second-order valence-corrected chi connectivity index (χ2v) is 5.80. The van der Waals surface area contributed by atoms with E-state index < -0.39 is 0 Å². The fourth-order valence-electron chi connectivity index (χ4n) is 1.79. The molecule has 0 saturated heterocycles. The molecular formula is C16H17BrClNO2. The predicted molar refractivity (Wildman–Crippen MR) is 89.1 cm³/mol. The van der Waals surface area contributed by atoms with E-state index in [0.29, 0.717) is 30.5 Å². The molecule has 3 nitrogen and oxygen atoms in total. The highest BCUT2D eigenvalue weighted by atomic mass is 79.9. The average Bonchev–Trinajstić information content (AvgIpc) is 2.49. The smallest absolute Gasteiger partial charge is 0.137 e. The molecule has 0 saturated carbocycles. The third-order valence-corrected chi connectivity index (χ3v) is 3.63. The van der Waals surface area contributed by atoms with Gasteiger partial charge in [0.25, 0.3) is 0 Å². The molecule has 0 aromatic heterocycles. The van der Waals surface area contributed by atoms with E-state index in [4.69, 9.17) is 26.8 Å². The van der Waals surface area contributed by atoms with E-state index >= 15 is 0 Å². The minimum Gasteiger partial charge on any atom is -0.493 e. The van der Waals surface area contributed by atoms with Crippen molar-refractivity contribution in [2.75, 3.05) is 13.2 Å². The van der Waals surface area contributed by atoms with Crippen molar-refractivity contribution in [3.05, 3.63) is 57.5 Å². The molecular weight excluding hydrogens is 354 g/mol. The summed E-state index contributed by atoms with van der Waals surface area (Å²) in [6, 6.07) is 13.3. The fraction of sp³-hybridized carbons (Fsp3) is 0.250. The average molecular weight is 371 g/mol. The second-order valence-electron chi connectivity index (χ2n) is 4.48. The van der Waals surface area contributed by atoms with Crippen LogP contribution in [0.5, 0.6) is 11.5 Å². The van der Waals surface area contributed by atoms with Crippen molar-refractivity contribution in [3.63, 3.8) is 0 Å². The van der Waals surface area contributed by atoms with Gasteiger partial charge in [0, 0.05) is 17.4 Å². The van der Waals surface area contributed by atoms with E-state index in [1.807, 2.05) is 42.5 Å². The number of hydrogen-bond acceptors (Lipinski definition) is 3. The van der Waals surface area contributed by atoms with Crippen LogP contribution in [-0.2, 0) is 6.54 Å². The first-order valence-electron chi connectivity index (χ1n) is 6.68. The van der Waals surface area contributed by atoms with Crippen LogP contribution in [0.25, 0.3) is 0 Å². The lowest BCUT2D eigenvalue weighted by atomic mass is 10.2. The predicted octanol–water partition coefficient (Wildman–Crippen LogP) is 4.41. The van der Waals surface area contributed by atoms with Crippen LogP contribution in [0.1, 0.15) is 12.0 Å². The molecule has 2 aromatic rings. The molecule has 0 atom stereocenters. The third kappa shape index (κ3) is 5.23. The highest BCUT2D eigenvalue weighted by molar-refractivity contribution is 9.10. The van der Waals surface area contributed by atoms with Gasteiger partial charge in [-0.2, -0.15) is 0 Å². The Morgan fingerprint density at radius 1 is 1.05 bits per heavy atom. The summed E-state index contributed by atoms with van der Waals surface area (Å²) >= 11 is 9.43. The van der Waals surface area contributed by atoms with Crippen LogP contribution >= 0.6 is 27.5 Å². The Balaban J connectivity index is 1.72. The van der Waals surface area contributed by atoms with Crippen LogP contribution in [0.4, 0.5) is 0 Å². The van der Waals surface area contributed by atoms with Gasteiger partial charge in [-0.15, -0.1) is 0 Å². The maximum absolute atomic E-state index is 6.07. The first kappa shape index (κ1) is 16.1. The van der Waals surface area contributed by atoms with Crippen molar-refractivity contribution in [3.8, 4) is 11.5 Å². The SMILES string of the molecule is NCc1cccc(OCCCOc2ccc(Br)cc2Cl)c1. The first-order valence-corrected chi connectivity index (χ1v) is 7.86. The molecule has 0 amide bonds. The molecule has 2 rings (SSSR count). The van der Waals surface area contributed by atoms with E-state index in [-0.39, 0.29) is 0 Å². The first-order chi connectivity index (χ1) is 10.2. The largest absolute Gasteiger partial charge is 0.493 e. The summed E-state index contributed by atoms with van der Waals surface area (Å²) in [5.74, 6) is 1.52. The number of benzene rings is 2. The maximum atomic E-state index is 6.07. The van der Waals surface area contributed by atoms with Gasteiger partial charge in [0.05, 0.1) is 18.2 Å². The molecule has 2 aromatic carbocycles. The Labute approximate surface area is 138 Å². The van der Waals surface area contributed by atoms with Gasteiger partial charge in [-0.05, 0) is 35.9 Å². The summed E-state index contributed by atoms with van der Waals surface area (Å²) in [6.07, 6.45) is 0.777. The van der Waals surface area contributed by atoms with E-state index in [2.05, 4.69) is 15.9 Å². The summed E-state index contributed by atoms with van der Waals surface area (Å²) in [6.45, 7) is 1.66. The zero-order valence-electron chi connectivity index (χ0n) is 11.5. The molecule has 0 unspecified atom stereocenters. The van der Waals surface area contributed by atoms with Crippen LogP contribution in [0, 0.1) is 0 Å². The molecule has 0 aliphatic rings. The number of ether oxygens (including phenoxy) is 2. The Bertz CT molecular complexity index is 592. The highest BCUT2D eigenvalue weighted by Gasteiger charge is 2.02. The molecule has 112 valence electrons. The standard InChI is InChI=1S/C16H17BrClNO2/c17-13-5-6-16(15(18)10-13)21-8-2-7-20-14-4-1-3-12(9-14)11-19/h1,3-6,9-10H,2,7-8,11,19H2. The van der Waals surface area contributed by atoms with Gasteiger partial charge in [-0.3, -0.25) is 0 Å². The zero-order valence-corrected chi connectivity index (χ0v) is 13.9. The van der Waals surface area contributed by atoms with Gasteiger partial charge in [0.1, 0.15) is 11.5 Å². The third-order valence-electron chi connectivity index (χ3n) is 2.84. The van der Waals surface area contributed by atoms with Crippen molar-refractivity contribution in [2.45, 2.75) is 13.0 Å². The van der Waals surface area contributed by atoms with Crippen molar-refractivity contribution >= 4 is 27.5 Å². The van der Waals surface area contributed by atoms with Gasteiger partial charge < -0.3 is 15.2 Å². The summed E-state index contributed by atoms with van der Waals surface area (Å²) in [5, 5.41) is 0.598. The normalized spacial score (nSPS) is 10.4. The summed E-state index contributed by atoms with van der Waals surface area (Å²) in [7, 11) is 0. The monoisotopic (exact) mass is 369 g/mol. The van der Waals surface area contributed by atoms with Crippen LogP contribution in [0.2, 0.25) is 5.02 Å². The topological polar surface area (TPSA) is 44.5 Å². The summed E-state index contributed by atoms with van der Waals surface area (Å²) < 4.78 is 12.2. The lowest BCUT2D eigenvalue weighted by molar-refractivity contribution is 0.247. The number of halogens is 2. The van der Waals surface area contributed by atoms with Crippen LogP contribution in [0.3, 0.4) is 0 Å². The minimum atomic E-state index is 0.516. The van der Waals surface area contributed by atoms with E-state index in [1.165, 1.54) is 0 Å². The van der Waals surface area contributed by atoms with E-state index in [0.717, 1.165) is 22.2 Å². The van der Waals surface area contributed by atoms with Crippen LogP contribution in [-0.4, -0.2) is 13.2 Å². The molecule has 0 heterocycles. The van der Waals surface area contributed by atoms with Gasteiger partial charge in [0.2, 0.25) is 0 Å².